The summed E-state index contributed by atoms with van der Waals surface area (Å²) >= 11 is 3.32. The van der Waals surface area contributed by atoms with Gasteiger partial charge >= 0.3 is 5.97 Å². The molecule has 0 fully saturated rings. The molecule has 0 aliphatic rings. The summed E-state index contributed by atoms with van der Waals surface area (Å²) in [7, 11) is 1.25. The highest BCUT2D eigenvalue weighted by atomic mass is 79.9. The Kier molecular flexibility index (Phi) is 3.28. The van der Waals surface area contributed by atoms with Crippen LogP contribution >= 0.6 is 15.9 Å². The zero-order valence-electron chi connectivity index (χ0n) is 9.03. The van der Waals surface area contributed by atoms with Gasteiger partial charge in [0.1, 0.15) is 18.3 Å². The first-order valence-electron chi connectivity index (χ1n) is 4.88. The molecule has 1 heterocycles. The highest BCUT2D eigenvalue weighted by Crippen LogP contribution is 2.25. The van der Waals surface area contributed by atoms with Gasteiger partial charge in [0.15, 0.2) is 5.78 Å². The van der Waals surface area contributed by atoms with Gasteiger partial charge in [-0.05, 0) is 18.2 Å². The van der Waals surface area contributed by atoms with Crippen LogP contribution in [-0.4, -0.2) is 18.9 Å². The Hall–Kier alpha value is -1.62. The van der Waals surface area contributed by atoms with Crippen LogP contribution in [0.5, 0.6) is 0 Å². The van der Waals surface area contributed by atoms with Crippen LogP contribution < -0.4 is 0 Å². The largest absolute Gasteiger partial charge is 0.469 e. The Labute approximate surface area is 106 Å². The van der Waals surface area contributed by atoms with Crippen molar-refractivity contribution in [3.63, 3.8) is 0 Å². The van der Waals surface area contributed by atoms with Crippen molar-refractivity contribution in [3.05, 3.63) is 34.5 Å². The Bertz CT molecular complexity index is 585. The van der Waals surface area contributed by atoms with E-state index in [1.54, 1.807) is 12.1 Å². The Morgan fingerprint density at radius 1 is 1.41 bits per heavy atom. The van der Waals surface area contributed by atoms with Gasteiger partial charge in [-0.3, -0.25) is 9.59 Å². The summed E-state index contributed by atoms with van der Waals surface area (Å²) in [6, 6.07) is 5.36. The number of benzene rings is 1. The van der Waals surface area contributed by atoms with Gasteiger partial charge in [-0.15, -0.1) is 0 Å². The number of halogens is 1. The first kappa shape index (κ1) is 11.9. The van der Waals surface area contributed by atoms with E-state index in [9.17, 15) is 9.59 Å². The van der Waals surface area contributed by atoms with Crippen LogP contribution in [0.1, 0.15) is 16.8 Å². The van der Waals surface area contributed by atoms with E-state index >= 15 is 0 Å². The average molecular weight is 297 g/mol. The van der Waals surface area contributed by atoms with Gasteiger partial charge in [0, 0.05) is 9.86 Å². The number of Topliss-reactive ketones (excluding diaryl/α,β-unsaturated/α-hetero) is 1. The summed E-state index contributed by atoms with van der Waals surface area (Å²) in [5.41, 5.74) is 1.01. The second-order valence-corrected chi connectivity index (χ2v) is 4.38. The number of carbonyl (C=O) groups is 2. The van der Waals surface area contributed by atoms with Gasteiger partial charge in [-0.25, -0.2) is 0 Å². The number of hydrogen-bond acceptors (Lipinski definition) is 4. The fraction of sp³-hybridized carbons (Fsp3) is 0.167. The predicted molar refractivity (Wildman–Crippen MR) is 64.9 cm³/mol. The van der Waals surface area contributed by atoms with E-state index in [4.69, 9.17) is 4.42 Å². The Morgan fingerprint density at radius 3 is 2.88 bits per heavy atom. The van der Waals surface area contributed by atoms with E-state index in [0.29, 0.717) is 16.5 Å². The summed E-state index contributed by atoms with van der Waals surface area (Å²) in [5.74, 6) is -0.868. The average Bonchev–Trinajstić information content (AvgIpc) is 2.71. The number of fused-ring (bicyclic) bond motifs is 1. The summed E-state index contributed by atoms with van der Waals surface area (Å²) in [4.78, 5) is 22.9. The SMILES string of the molecule is COC(=O)CC(=O)c1coc2ccc(Br)cc12. The minimum absolute atomic E-state index is 0.280. The topological polar surface area (TPSA) is 56.5 Å². The Balaban J connectivity index is 2.38. The zero-order valence-corrected chi connectivity index (χ0v) is 10.6. The molecule has 0 saturated heterocycles. The van der Waals surface area contributed by atoms with Crippen molar-refractivity contribution in [2.45, 2.75) is 6.42 Å². The molecule has 0 spiro atoms. The first-order chi connectivity index (χ1) is 8.11. The maximum atomic E-state index is 11.8. The molecule has 0 atom stereocenters. The first-order valence-corrected chi connectivity index (χ1v) is 5.68. The lowest BCUT2D eigenvalue weighted by Crippen LogP contribution is -2.08. The third-order valence-electron chi connectivity index (χ3n) is 2.37. The molecule has 2 rings (SSSR count). The summed E-state index contributed by atoms with van der Waals surface area (Å²) in [5, 5.41) is 0.688. The minimum Gasteiger partial charge on any atom is -0.469 e. The van der Waals surface area contributed by atoms with E-state index in [0.717, 1.165) is 4.47 Å². The third kappa shape index (κ3) is 2.39. The molecule has 88 valence electrons. The number of esters is 1. The smallest absolute Gasteiger partial charge is 0.313 e. The predicted octanol–water partition coefficient (Wildman–Crippen LogP) is 2.94. The molecule has 0 radical (unpaired) electrons. The van der Waals surface area contributed by atoms with Gasteiger partial charge in [0.2, 0.25) is 0 Å². The van der Waals surface area contributed by atoms with Crippen LogP contribution in [0.4, 0.5) is 0 Å². The maximum absolute atomic E-state index is 11.8. The molecule has 1 aromatic carbocycles. The van der Waals surface area contributed by atoms with E-state index < -0.39 is 5.97 Å². The maximum Gasteiger partial charge on any atom is 0.313 e. The number of methoxy groups -OCH3 is 1. The van der Waals surface area contributed by atoms with Gasteiger partial charge in [-0.1, -0.05) is 15.9 Å². The van der Waals surface area contributed by atoms with E-state index in [1.807, 2.05) is 6.07 Å². The summed E-state index contributed by atoms with van der Waals surface area (Å²) < 4.78 is 10.5. The zero-order chi connectivity index (χ0) is 12.4. The second-order valence-electron chi connectivity index (χ2n) is 3.47. The van der Waals surface area contributed by atoms with Crippen LogP contribution in [0.15, 0.2) is 33.4 Å². The normalized spacial score (nSPS) is 10.5. The van der Waals surface area contributed by atoms with Gasteiger partial charge < -0.3 is 9.15 Å². The van der Waals surface area contributed by atoms with Crippen LogP contribution in [0.2, 0.25) is 0 Å². The molecular weight excluding hydrogens is 288 g/mol. The van der Waals surface area contributed by atoms with E-state index in [-0.39, 0.29) is 12.2 Å². The number of furan rings is 1. The fourth-order valence-corrected chi connectivity index (χ4v) is 1.88. The molecule has 0 saturated carbocycles. The quantitative estimate of drug-likeness (QED) is 0.496. The molecule has 0 bridgehead atoms. The molecule has 0 aliphatic heterocycles. The molecular formula is C12H9BrO4. The number of ketones is 1. The number of ether oxygens (including phenoxy) is 1. The molecule has 1 aromatic heterocycles. The minimum atomic E-state index is -0.556. The van der Waals surface area contributed by atoms with Crippen LogP contribution in [0.3, 0.4) is 0 Å². The van der Waals surface area contributed by atoms with Gasteiger partial charge in [0.25, 0.3) is 0 Å². The van der Waals surface area contributed by atoms with Crippen molar-refractivity contribution < 1.29 is 18.7 Å². The lowest BCUT2D eigenvalue weighted by molar-refractivity contribution is -0.139. The van der Waals surface area contributed by atoms with Crippen molar-refractivity contribution in [2.24, 2.45) is 0 Å². The van der Waals surface area contributed by atoms with Crippen molar-refractivity contribution >= 4 is 38.7 Å². The monoisotopic (exact) mass is 296 g/mol. The molecule has 5 heteroatoms. The number of hydrogen-bond donors (Lipinski definition) is 0. The lowest BCUT2D eigenvalue weighted by atomic mass is 10.1. The molecule has 0 N–H and O–H groups in total. The van der Waals surface area contributed by atoms with Crippen molar-refractivity contribution in [2.75, 3.05) is 7.11 Å². The number of rotatable bonds is 3. The van der Waals surface area contributed by atoms with Crippen molar-refractivity contribution in [1.82, 2.24) is 0 Å². The van der Waals surface area contributed by atoms with Crippen LogP contribution in [-0.2, 0) is 9.53 Å². The van der Waals surface area contributed by atoms with Gasteiger partial charge in [-0.2, -0.15) is 0 Å². The molecule has 17 heavy (non-hydrogen) atoms. The lowest BCUT2D eigenvalue weighted by Gasteiger charge is -1.97. The second kappa shape index (κ2) is 4.71. The highest BCUT2D eigenvalue weighted by molar-refractivity contribution is 9.10. The molecule has 2 aromatic rings. The Morgan fingerprint density at radius 2 is 2.18 bits per heavy atom. The van der Waals surface area contributed by atoms with Crippen molar-refractivity contribution in [1.29, 1.82) is 0 Å². The van der Waals surface area contributed by atoms with Crippen molar-refractivity contribution in [3.8, 4) is 0 Å². The number of carbonyl (C=O) groups excluding carboxylic acids is 2. The molecule has 0 aliphatic carbocycles. The fourth-order valence-electron chi connectivity index (χ4n) is 1.52. The van der Waals surface area contributed by atoms with Gasteiger partial charge in [0.05, 0.1) is 12.7 Å². The van der Waals surface area contributed by atoms with Crippen LogP contribution in [0, 0.1) is 0 Å². The molecule has 0 unspecified atom stereocenters. The van der Waals surface area contributed by atoms with E-state index in [1.165, 1.54) is 13.4 Å². The third-order valence-corrected chi connectivity index (χ3v) is 2.86. The summed E-state index contributed by atoms with van der Waals surface area (Å²) in [6.45, 7) is 0. The highest BCUT2D eigenvalue weighted by Gasteiger charge is 2.17. The molecule has 0 amide bonds. The molecule has 4 nitrogen and oxygen atoms in total. The van der Waals surface area contributed by atoms with Crippen LogP contribution in [0.25, 0.3) is 11.0 Å². The standard InChI is InChI=1S/C12H9BrO4/c1-16-12(15)5-10(14)9-6-17-11-3-2-7(13)4-8(9)11/h2-4,6H,5H2,1H3. The van der Waals surface area contributed by atoms with E-state index in [2.05, 4.69) is 20.7 Å². The summed E-state index contributed by atoms with van der Waals surface area (Å²) in [6.07, 6.45) is 1.08.